The van der Waals surface area contributed by atoms with E-state index >= 15 is 0 Å². The zero-order valence-corrected chi connectivity index (χ0v) is 20.7. The topological polar surface area (TPSA) is 119 Å². The van der Waals surface area contributed by atoms with Crippen molar-refractivity contribution in [2.75, 3.05) is 19.8 Å². The molecule has 1 aliphatic rings. The Morgan fingerprint density at radius 1 is 1.00 bits per heavy atom. The Kier molecular flexibility index (Phi) is 7.73. The van der Waals surface area contributed by atoms with E-state index in [1.165, 1.54) is 17.7 Å². The monoisotopic (exact) mass is 504 g/mol. The molecule has 0 aromatic heterocycles. The first-order valence-electron chi connectivity index (χ1n) is 11.8. The minimum Gasteiger partial charge on any atom is -0.494 e. The number of amides is 1. The summed E-state index contributed by atoms with van der Waals surface area (Å²) in [5, 5.41) is 8.97. The fourth-order valence-corrected chi connectivity index (χ4v) is 6.31. The van der Waals surface area contributed by atoms with Crippen molar-refractivity contribution in [3.63, 3.8) is 0 Å². The molecule has 0 unspecified atom stereocenters. The number of hydrogen-bond donors (Lipinski definition) is 1. The number of ether oxygens (including phenoxy) is 2. The molecule has 2 N–H and O–H groups in total. The van der Waals surface area contributed by atoms with Gasteiger partial charge in [0.05, 0.1) is 23.1 Å². The third kappa shape index (κ3) is 5.27. The van der Waals surface area contributed by atoms with Crippen LogP contribution in [0, 0.1) is 11.3 Å². The third-order valence-corrected chi connectivity index (χ3v) is 9.08. The molecule has 0 aliphatic carbocycles. The smallest absolute Gasteiger partial charge is 0.239 e. The summed E-state index contributed by atoms with van der Waals surface area (Å²) in [6.45, 7) is 0.829. The molecule has 4 rings (SSSR count). The van der Waals surface area contributed by atoms with Gasteiger partial charge in [0.25, 0.3) is 0 Å². The van der Waals surface area contributed by atoms with Gasteiger partial charge in [-0.3, -0.25) is 4.79 Å². The van der Waals surface area contributed by atoms with E-state index in [4.69, 9.17) is 20.5 Å². The lowest BCUT2D eigenvalue weighted by molar-refractivity contribution is -0.122. The highest BCUT2D eigenvalue weighted by Gasteiger charge is 2.51. The summed E-state index contributed by atoms with van der Waals surface area (Å²) in [7, 11) is -3.96. The zero-order valence-electron chi connectivity index (χ0n) is 19.9. The quantitative estimate of drug-likeness (QED) is 0.439. The predicted molar refractivity (Wildman–Crippen MR) is 136 cm³/mol. The molecule has 186 valence electrons. The van der Waals surface area contributed by atoms with Crippen molar-refractivity contribution in [3.8, 4) is 22.9 Å². The molecule has 3 aromatic rings. The average Bonchev–Trinajstić information content (AvgIpc) is 2.92. The molecule has 0 bridgehead atoms. The number of benzene rings is 3. The van der Waals surface area contributed by atoms with Crippen LogP contribution in [-0.2, 0) is 25.8 Å². The summed E-state index contributed by atoms with van der Waals surface area (Å²) in [5.41, 5.74) is 9.48. The Hall–Kier alpha value is -3.67. The maximum Gasteiger partial charge on any atom is 0.239 e. The van der Waals surface area contributed by atoms with E-state index in [9.17, 15) is 13.2 Å². The van der Waals surface area contributed by atoms with Gasteiger partial charge in [0.1, 0.15) is 5.75 Å². The maximum atomic E-state index is 13.2. The zero-order chi connectivity index (χ0) is 25.6. The number of primary amides is 1. The van der Waals surface area contributed by atoms with Crippen molar-refractivity contribution in [1.29, 1.82) is 5.26 Å². The fraction of sp³-hybridized carbons (Fsp3) is 0.286. The molecule has 1 saturated heterocycles. The van der Waals surface area contributed by atoms with Gasteiger partial charge in [-0.15, -0.1) is 0 Å². The van der Waals surface area contributed by atoms with Crippen LogP contribution in [0.15, 0.2) is 77.7 Å². The summed E-state index contributed by atoms with van der Waals surface area (Å²) < 4.78 is 35.9. The van der Waals surface area contributed by atoms with Crippen LogP contribution in [0.2, 0.25) is 0 Å². The highest BCUT2D eigenvalue weighted by Crippen LogP contribution is 2.35. The molecule has 0 atom stereocenters. The van der Waals surface area contributed by atoms with Crippen LogP contribution in [0.4, 0.5) is 0 Å². The standard InChI is InChI=1S/C28H28N2O5S/c29-20-22-6-8-23(9-7-22)24-5-1-3-21(19-24)4-2-16-35-25-10-12-26(13-11-25)36(32,33)28(27(30)31)14-17-34-18-15-28/h1,3,5-13,19H,2,4,14-18H2,(H2,30,31). The van der Waals surface area contributed by atoms with Crippen molar-refractivity contribution in [1.82, 2.24) is 0 Å². The Morgan fingerprint density at radius 2 is 1.69 bits per heavy atom. The van der Waals surface area contributed by atoms with E-state index in [0.29, 0.717) is 17.9 Å². The van der Waals surface area contributed by atoms with Gasteiger partial charge in [-0.05, 0) is 78.8 Å². The number of aryl methyl sites for hydroxylation is 1. The molecule has 36 heavy (non-hydrogen) atoms. The summed E-state index contributed by atoms with van der Waals surface area (Å²) in [6.07, 6.45) is 1.70. The molecule has 3 aromatic carbocycles. The number of carbonyl (C=O) groups is 1. The van der Waals surface area contributed by atoms with Crippen LogP contribution in [-0.4, -0.2) is 38.9 Å². The Bertz CT molecular complexity index is 1350. The molecular formula is C28H28N2O5S. The summed E-state index contributed by atoms with van der Waals surface area (Å²) >= 11 is 0. The van der Waals surface area contributed by atoms with E-state index in [-0.39, 0.29) is 31.0 Å². The van der Waals surface area contributed by atoms with Gasteiger partial charge in [-0.2, -0.15) is 5.26 Å². The molecule has 0 radical (unpaired) electrons. The predicted octanol–water partition coefficient (Wildman–Crippen LogP) is 4.05. The van der Waals surface area contributed by atoms with E-state index in [1.54, 1.807) is 12.1 Å². The van der Waals surface area contributed by atoms with E-state index in [2.05, 4.69) is 18.2 Å². The second kappa shape index (κ2) is 10.9. The Labute approximate surface area is 211 Å². The minimum atomic E-state index is -3.96. The number of rotatable bonds is 9. The normalized spacial score (nSPS) is 15.1. The lowest BCUT2D eigenvalue weighted by atomic mass is 9.98. The number of nitriles is 1. The SMILES string of the molecule is N#Cc1ccc(-c2cccc(CCCOc3ccc(S(=O)(=O)C4(C(N)=O)CCOCC4)cc3)c2)cc1. The number of nitrogens with zero attached hydrogens (tertiary/aromatic N) is 1. The van der Waals surface area contributed by atoms with Crippen molar-refractivity contribution in [2.45, 2.75) is 35.3 Å². The number of carbonyl (C=O) groups excluding carboxylic acids is 1. The van der Waals surface area contributed by atoms with Crippen molar-refractivity contribution >= 4 is 15.7 Å². The van der Waals surface area contributed by atoms with Crippen LogP contribution >= 0.6 is 0 Å². The average molecular weight is 505 g/mol. The van der Waals surface area contributed by atoms with E-state index in [1.807, 2.05) is 36.4 Å². The second-order valence-corrected chi connectivity index (χ2v) is 11.0. The Balaban J connectivity index is 1.34. The third-order valence-electron chi connectivity index (χ3n) is 6.55. The van der Waals surface area contributed by atoms with E-state index < -0.39 is 20.5 Å². The molecule has 0 saturated carbocycles. The van der Waals surface area contributed by atoms with Gasteiger partial charge in [0.2, 0.25) is 5.91 Å². The fourth-order valence-electron chi connectivity index (χ4n) is 4.40. The molecule has 1 aliphatic heterocycles. The molecule has 8 heteroatoms. The van der Waals surface area contributed by atoms with Crippen LogP contribution in [0.3, 0.4) is 0 Å². The van der Waals surface area contributed by atoms with Gasteiger partial charge >= 0.3 is 0 Å². The number of nitrogens with two attached hydrogens (primary N) is 1. The van der Waals surface area contributed by atoms with Gasteiger partial charge in [0, 0.05) is 13.2 Å². The van der Waals surface area contributed by atoms with Gasteiger partial charge < -0.3 is 15.2 Å². The largest absolute Gasteiger partial charge is 0.494 e. The van der Waals surface area contributed by atoms with Crippen molar-refractivity contribution < 1.29 is 22.7 Å². The summed E-state index contributed by atoms with van der Waals surface area (Å²) in [5.74, 6) is -0.283. The van der Waals surface area contributed by atoms with Crippen LogP contribution in [0.5, 0.6) is 5.75 Å². The number of hydrogen-bond acceptors (Lipinski definition) is 6. The van der Waals surface area contributed by atoms with Gasteiger partial charge in [-0.25, -0.2) is 8.42 Å². The molecule has 0 spiro atoms. The molecule has 7 nitrogen and oxygen atoms in total. The Morgan fingerprint density at radius 3 is 2.33 bits per heavy atom. The van der Waals surface area contributed by atoms with E-state index in [0.717, 1.165) is 24.0 Å². The molecule has 1 fully saturated rings. The minimum absolute atomic E-state index is 0.0509. The highest BCUT2D eigenvalue weighted by atomic mass is 32.2. The van der Waals surface area contributed by atoms with Crippen LogP contribution in [0.25, 0.3) is 11.1 Å². The summed E-state index contributed by atoms with van der Waals surface area (Å²) in [6, 6.07) is 24.0. The number of sulfone groups is 1. The maximum absolute atomic E-state index is 13.2. The van der Waals surface area contributed by atoms with Crippen LogP contribution < -0.4 is 10.5 Å². The molecular weight excluding hydrogens is 476 g/mol. The van der Waals surface area contributed by atoms with Gasteiger partial charge in [0.15, 0.2) is 14.6 Å². The van der Waals surface area contributed by atoms with Crippen molar-refractivity contribution in [2.24, 2.45) is 5.73 Å². The second-order valence-electron chi connectivity index (χ2n) is 8.79. The first-order chi connectivity index (χ1) is 17.4. The first-order valence-corrected chi connectivity index (χ1v) is 13.3. The molecule has 1 heterocycles. The first kappa shape index (κ1) is 25.4. The van der Waals surface area contributed by atoms with Crippen LogP contribution in [0.1, 0.15) is 30.4 Å². The summed E-state index contributed by atoms with van der Waals surface area (Å²) in [4.78, 5) is 12.2. The van der Waals surface area contributed by atoms with Gasteiger partial charge in [-0.1, -0.05) is 36.4 Å². The molecule has 1 amide bonds. The lowest BCUT2D eigenvalue weighted by Crippen LogP contribution is -2.53. The van der Waals surface area contributed by atoms with Crippen molar-refractivity contribution in [3.05, 3.63) is 83.9 Å². The highest BCUT2D eigenvalue weighted by molar-refractivity contribution is 7.93. The lowest BCUT2D eigenvalue weighted by Gasteiger charge is -2.33.